The molecule has 0 amide bonds. The van der Waals surface area contributed by atoms with Crippen LogP contribution in [0, 0.1) is 0 Å². The Labute approximate surface area is 133 Å². The second-order valence-corrected chi connectivity index (χ2v) is 6.66. The van der Waals surface area contributed by atoms with E-state index in [9.17, 15) is 0 Å². The number of para-hydroxylation sites is 1. The van der Waals surface area contributed by atoms with Crippen LogP contribution in [0.15, 0.2) is 24.3 Å². The minimum atomic E-state index is 0.535. The van der Waals surface area contributed by atoms with Gasteiger partial charge in [-0.2, -0.15) is 0 Å². The number of piperidine rings is 1. The van der Waals surface area contributed by atoms with Gasteiger partial charge in [0.05, 0.1) is 25.1 Å². The summed E-state index contributed by atoms with van der Waals surface area (Å²) in [5, 5.41) is 5.13. The first-order chi connectivity index (χ1) is 10.9. The summed E-state index contributed by atoms with van der Waals surface area (Å²) in [6.45, 7) is 6.25. The molecule has 0 bridgehead atoms. The maximum atomic E-state index is 5.58. The highest BCUT2D eigenvalue weighted by Gasteiger charge is 2.35. The van der Waals surface area contributed by atoms with E-state index >= 15 is 0 Å². The number of ether oxygens (including phenoxy) is 1. The molecule has 120 valence electrons. The van der Waals surface area contributed by atoms with Crippen LogP contribution in [0.3, 0.4) is 0 Å². The lowest BCUT2D eigenvalue weighted by atomic mass is 9.98. The first-order valence-electron chi connectivity index (χ1n) is 8.87. The van der Waals surface area contributed by atoms with E-state index in [1.165, 1.54) is 56.4 Å². The van der Waals surface area contributed by atoms with E-state index < -0.39 is 0 Å². The van der Waals surface area contributed by atoms with Crippen LogP contribution < -0.4 is 5.01 Å². The molecular formula is C18H27N3O. The normalized spacial score (nSPS) is 27.6. The molecule has 1 atom stereocenters. The van der Waals surface area contributed by atoms with Crippen LogP contribution in [0.25, 0.3) is 0 Å². The van der Waals surface area contributed by atoms with Crippen molar-refractivity contribution in [3.05, 3.63) is 29.8 Å². The average Bonchev–Trinajstić information content (AvgIpc) is 2.62. The van der Waals surface area contributed by atoms with Crippen LogP contribution in [0.2, 0.25) is 0 Å². The van der Waals surface area contributed by atoms with Gasteiger partial charge in [0.1, 0.15) is 0 Å². The summed E-state index contributed by atoms with van der Waals surface area (Å²) in [5.41, 5.74) is 2.92. The summed E-state index contributed by atoms with van der Waals surface area (Å²) in [4.78, 5) is 2.72. The fraction of sp³-hybridized carbons (Fsp3) is 0.667. The van der Waals surface area contributed by atoms with Crippen molar-refractivity contribution in [3.8, 4) is 0 Å². The van der Waals surface area contributed by atoms with E-state index in [0.717, 1.165) is 26.3 Å². The lowest BCUT2D eigenvalue weighted by molar-refractivity contribution is 0.00503. The quantitative estimate of drug-likeness (QED) is 0.835. The Balaban J connectivity index is 1.64. The van der Waals surface area contributed by atoms with Gasteiger partial charge in [0.15, 0.2) is 0 Å². The summed E-state index contributed by atoms with van der Waals surface area (Å²) >= 11 is 0. The van der Waals surface area contributed by atoms with Crippen molar-refractivity contribution in [2.45, 2.75) is 38.3 Å². The van der Waals surface area contributed by atoms with E-state index in [1.807, 2.05) is 0 Å². The number of rotatable bonds is 2. The zero-order valence-corrected chi connectivity index (χ0v) is 13.4. The van der Waals surface area contributed by atoms with Crippen LogP contribution in [0.4, 0.5) is 5.69 Å². The van der Waals surface area contributed by atoms with Gasteiger partial charge in [-0.3, -0.25) is 9.91 Å². The van der Waals surface area contributed by atoms with Crippen molar-refractivity contribution in [1.82, 2.24) is 9.91 Å². The molecule has 0 aromatic heterocycles. The van der Waals surface area contributed by atoms with E-state index in [-0.39, 0.29) is 0 Å². The molecule has 0 saturated carbocycles. The fourth-order valence-corrected chi connectivity index (χ4v) is 4.18. The van der Waals surface area contributed by atoms with E-state index in [0.29, 0.717) is 6.17 Å². The highest BCUT2D eigenvalue weighted by molar-refractivity contribution is 5.55. The first kappa shape index (κ1) is 14.5. The Bertz CT molecular complexity index is 495. The number of anilines is 1. The molecule has 4 heteroatoms. The predicted octanol–water partition coefficient (Wildman–Crippen LogP) is 2.50. The highest BCUT2D eigenvalue weighted by atomic mass is 16.5. The van der Waals surface area contributed by atoms with Gasteiger partial charge in [0.25, 0.3) is 0 Å². The molecule has 22 heavy (non-hydrogen) atoms. The number of likely N-dealkylation sites (tertiary alicyclic amines) is 1. The Morgan fingerprint density at radius 2 is 1.68 bits per heavy atom. The molecule has 4 rings (SSSR count). The Morgan fingerprint density at radius 3 is 2.50 bits per heavy atom. The largest absolute Gasteiger partial charge is 0.379 e. The SMILES string of the molecule is c1ccc2c(c1)CCC(N1CCCCC1)N2N1CCOCC1. The third-order valence-corrected chi connectivity index (χ3v) is 5.30. The predicted molar refractivity (Wildman–Crippen MR) is 88.8 cm³/mol. The molecule has 2 fully saturated rings. The van der Waals surface area contributed by atoms with Gasteiger partial charge in [0, 0.05) is 26.2 Å². The van der Waals surface area contributed by atoms with Gasteiger partial charge >= 0.3 is 0 Å². The molecular weight excluding hydrogens is 274 g/mol. The molecule has 4 nitrogen and oxygen atoms in total. The number of morpholine rings is 1. The summed E-state index contributed by atoms with van der Waals surface area (Å²) in [7, 11) is 0. The van der Waals surface area contributed by atoms with Gasteiger partial charge in [-0.1, -0.05) is 24.6 Å². The number of aryl methyl sites for hydroxylation is 1. The van der Waals surface area contributed by atoms with Crippen molar-refractivity contribution >= 4 is 5.69 Å². The van der Waals surface area contributed by atoms with Crippen LogP contribution in [0.1, 0.15) is 31.2 Å². The molecule has 3 heterocycles. The summed E-state index contributed by atoms with van der Waals surface area (Å²) in [5.74, 6) is 0. The van der Waals surface area contributed by atoms with E-state index in [2.05, 4.69) is 39.2 Å². The molecule has 1 aromatic rings. The summed E-state index contributed by atoms with van der Waals surface area (Å²) < 4.78 is 5.58. The van der Waals surface area contributed by atoms with Gasteiger partial charge in [-0.15, -0.1) is 0 Å². The van der Waals surface area contributed by atoms with Gasteiger partial charge in [-0.25, -0.2) is 5.01 Å². The van der Waals surface area contributed by atoms with E-state index in [4.69, 9.17) is 4.74 Å². The van der Waals surface area contributed by atoms with E-state index in [1.54, 1.807) is 0 Å². The van der Waals surface area contributed by atoms with Gasteiger partial charge in [0.2, 0.25) is 0 Å². The second kappa shape index (κ2) is 6.57. The average molecular weight is 301 g/mol. The number of fused-ring (bicyclic) bond motifs is 1. The van der Waals surface area contributed by atoms with Crippen LogP contribution in [-0.2, 0) is 11.2 Å². The number of nitrogens with zero attached hydrogens (tertiary/aromatic N) is 3. The molecule has 3 aliphatic rings. The Kier molecular flexibility index (Phi) is 4.33. The Hall–Kier alpha value is -1.10. The van der Waals surface area contributed by atoms with Gasteiger partial charge < -0.3 is 4.74 Å². The third-order valence-electron chi connectivity index (χ3n) is 5.30. The molecule has 0 aliphatic carbocycles. The van der Waals surface area contributed by atoms with Crippen molar-refractivity contribution in [1.29, 1.82) is 0 Å². The van der Waals surface area contributed by atoms with Crippen LogP contribution in [-0.4, -0.2) is 55.5 Å². The molecule has 1 aromatic carbocycles. The number of hydrogen-bond donors (Lipinski definition) is 0. The maximum Gasteiger partial charge on any atom is 0.0979 e. The fourth-order valence-electron chi connectivity index (χ4n) is 4.18. The standard InChI is InChI=1S/C18H27N3O/c1-4-10-19(11-5-1)18-9-8-16-6-2-3-7-17(16)21(18)20-12-14-22-15-13-20/h2-3,6-7,18H,1,4-5,8-15H2. The van der Waals surface area contributed by atoms with Gasteiger partial charge in [-0.05, 0) is 37.3 Å². The third kappa shape index (κ3) is 2.75. The molecule has 3 aliphatic heterocycles. The number of hydrazine groups is 1. The van der Waals surface area contributed by atoms with Crippen LogP contribution in [0.5, 0.6) is 0 Å². The lowest BCUT2D eigenvalue weighted by Gasteiger charge is -2.51. The number of benzene rings is 1. The van der Waals surface area contributed by atoms with Crippen molar-refractivity contribution in [2.75, 3.05) is 44.4 Å². The highest BCUT2D eigenvalue weighted by Crippen LogP contribution is 2.34. The minimum Gasteiger partial charge on any atom is -0.379 e. The zero-order chi connectivity index (χ0) is 14.8. The van der Waals surface area contributed by atoms with Crippen LogP contribution >= 0.6 is 0 Å². The molecule has 0 radical (unpaired) electrons. The second-order valence-electron chi connectivity index (χ2n) is 6.66. The minimum absolute atomic E-state index is 0.535. The first-order valence-corrected chi connectivity index (χ1v) is 8.87. The Morgan fingerprint density at radius 1 is 0.909 bits per heavy atom. The van der Waals surface area contributed by atoms with Crippen molar-refractivity contribution in [3.63, 3.8) is 0 Å². The van der Waals surface area contributed by atoms with Crippen molar-refractivity contribution < 1.29 is 4.74 Å². The zero-order valence-electron chi connectivity index (χ0n) is 13.4. The molecule has 0 N–H and O–H groups in total. The summed E-state index contributed by atoms with van der Waals surface area (Å²) in [6, 6.07) is 8.97. The molecule has 2 saturated heterocycles. The molecule has 0 spiro atoms. The molecule has 1 unspecified atom stereocenters. The summed E-state index contributed by atoms with van der Waals surface area (Å²) in [6.07, 6.45) is 7.10. The number of hydrogen-bond acceptors (Lipinski definition) is 4. The monoisotopic (exact) mass is 301 g/mol. The lowest BCUT2D eigenvalue weighted by Crippen LogP contribution is -2.61. The smallest absolute Gasteiger partial charge is 0.0979 e. The van der Waals surface area contributed by atoms with Crippen molar-refractivity contribution in [2.24, 2.45) is 0 Å². The maximum absolute atomic E-state index is 5.58. The topological polar surface area (TPSA) is 19.0 Å².